The first-order chi connectivity index (χ1) is 14.5. The van der Waals surface area contributed by atoms with Crippen LogP contribution in [0.15, 0.2) is 54.2 Å². The highest BCUT2D eigenvalue weighted by Gasteiger charge is 2.21. The molecule has 0 N–H and O–H groups in total. The molecule has 0 spiro atoms. The summed E-state index contributed by atoms with van der Waals surface area (Å²) in [4.78, 5) is 32.3. The number of esters is 1. The second-order valence-corrected chi connectivity index (χ2v) is 8.82. The highest BCUT2D eigenvalue weighted by atomic mass is 32.2. The fourth-order valence-electron chi connectivity index (χ4n) is 2.38. The summed E-state index contributed by atoms with van der Waals surface area (Å²) in [6.45, 7) is 1.61. The minimum Gasteiger partial charge on any atom is -0.452 e. The predicted molar refractivity (Wildman–Crippen MR) is 111 cm³/mol. The molecule has 0 aliphatic rings. The Bertz CT molecular complexity index is 1200. The second kappa shape index (κ2) is 8.73. The van der Waals surface area contributed by atoms with E-state index in [-0.39, 0.29) is 23.7 Å². The Labute approximate surface area is 181 Å². The molecule has 30 heavy (non-hydrogen) atoms. The van der Waals surface area contributed by atoms with Gasteiger partial charge >= 0.3 is 5.97 Å². The summed E-state index contributed by atoms with van der Waals surface area (Å²) in [6.07, 6.45) is 0. The van der Waals surface area contributed by atoms with E-state index in [2.05, 4.69) is 15.1 Å². The van der Waals surface area contributed by atoms with Gasteiger partial charge in [0.15, 0.2) is 10.9 Å². The lowest BCUT2D eigenvalue weighted by atomic mass is 10.2. The number of nitrogens with zero attached hydrogens (tertiary/aromatic N) is 4. The van der Waals surface area contributed by atoms with Crippen LogP contribution in [0, 0.1) is 17.0 Å². The van der Waals surface area contributed by atoms with Gasteiger partial charge < -0.3 is 9.26 Å². The minimum atomic E-state index is -0.732. The Morgan fingerprint density at radius 1 is 1.30 bits per heavy atom. The Hall–Kier alpha value is -3.09. The number of nitro groups is 1. The molecule has 0 unspecified atom stereocenters. The number of aryl methyl sites for hydroxylation is 1. The number of thiophene rings is 1. The van der Waals surface area contributed by atoms with Gasteiger partial charge in [-0.05, 0) is 24.4 Å². The highest BCUT2D eigenvalue weighted by Crippen LogP contribution is 2.34. The first kappa shape index (κ1) is 20.2. The van der Waals surface area contributed by atoms with Crippen molar-refractivity contribution in [3.8, 4) is 11.4 Å². The Kier molecular flexibility index (Phi) is 5.88. The fourth-order valence-corrected chi connectivity index (χ4v) is 4.91. The lowest BCUT2D eigenvalue weighted by Gasteiger charge is -2.07. The van der Waals surface area contributed by atoms with Crippen molar-refractivity contribution in [3.63, 3.8) is 0 Å². The number of hydrogen-bond acceptors (Lipinski definition) is 11. The Morgan fingerprint density at radius 3 is 2.87 bits per heavy atom. The molecule has 0 saturated carbocycles. The number of non-ortho nitro benzene ring substituents is 1. The number of ether oxygens (including phenoxy) is 1. The summed E-state index contributed by atoms with van der Waals surface area (Å²) >= 11 is 4.16. The number of rotatable bonds is 7. The third-order valence-corrected chi connectivity index (χ3v) is 6.58. The quantitative estimate of drug-likeness (QED) is 0.213. The SMILES string of the molecule is Cc1csc(Sc2ccc([N+](=O)[O-])cc2C(=O)OCc2nc(-c3ccsc3)no2)n1. The van der Waals surface area contributed by atoms with Gasteiger partial charge in [-0.15, -0.1) is 11.3 Å². The van der Waals surface area contributed by atoms with Crippen LogP contribution < -0.4 is 0 Å². The van der Waals surface area contributed by atoms with Crippen molar-refractivity contribution in [2.45, 2.75) is 22.8 Å². The molecule has 0 amide bonds. The number of nitro benzene ring substituents is 1. The molecule has 0 saturated heterocycles. The first-order valence-corrected chi connectivity index (χ1v) is 11.0. The molecule has 0 aliphatic carbocycles. The molecule has 4 aromatic rings. The van der Waals surface area contributed by atoms with Crippen LogP contribution in [0.3, 0.4) is 0 Å². The molecule has 4 rings (SSSR count). The molecule has 0 radical (unpaired) electrons. The summed E-state index contributed by atoms with van der Waals surface area (Å²) in [5.41, 5.74) is 1.52. The van der Waals surface area contributed by atoms with E-state index in [1.165, 1.54) is 52.6 Å². The standard InChI is InChI=1S/C18H12N4O5S3/c1-10-8-29-18(19-10)30-14-3-2-12(22(24)25)6-13(14)17(23)26-7-15-20-16(21-27-15)11-4-5-28-9-11/h2-6,8-9H,7H2,1H3. The first-order valence-electron chi connectivity index (χ1n) is 8.40. The predicted octanol–water partition coefficient (Wildman–Crippen LogP) is 4.98. The summed E-state index contributed by atoms with van der Waals surface area (Å²) < 4.78 is 11.1. The summed E-state index contributed by atoms with van der Waals surface area (Å²) in [7, 11) is 0. The maximum atomic E-state index is 12.7. The molecule has 12 heteroatoms. The van der Waals surface area contributed by atoms with E-state index in [4.69, 9.17) is 9.26 Å². The largest absolute Gasteiger partial charge is 0.452 e. The number of aromatic nitrogens is 3. The van der Waals surface area contributed by atoms with Crippen LogP contribution in [-0.2, 0) is 11.3 Å². The Balaban J connectivity index is 1.52. The third kappa shape index (κ3) is 4.56. The van der Waals surface area contributed by atoms with E-state index < -0.39 is 10.9 Å². The lowest BCUT2D eigenvalue weighted by molar-refractivity contribution is -0.384. The van der Waals surface area contributed by atoms with Gasteiger partial charge in [0.25, 0.3) is 11.6 Å². The van der Waals surface area contributed by atoms with Gasteiger partial charge in [0.05, 0.1) is 10.5 Å². The van der Waals surface area contributed by atoms with Crippen molar-refractivity contribution in [1.82, 2.24) is 15.1 Å². The molecule has 152 valence electrons. The molecule has 3 aromatic heterocycles. The number of carbonyl (C=O) groups is 1. The monoisotopic (exact) mass is 460 g/mol. The van der Waals surface area contributed by atoms with Crippen molar-refractivity contribution in [1.29, 1.82) is 0 Å². The molecule has 9 nitrogen and oxygen atoms in total. The van der Waals surface area contributed by atoms with Crippen LogP contribution in [0.5, 0.6) is 0 Å². The lowest BCUT2D eigenvalue weighted by Crippen LogP contribution is -2.07. The highest BCUT2D eigenvalue weighted by molar-refractivity contribution is 8.01. The second-order valence-electron chi connectivity index (χ2n) is 5.89. The van der Waals surface area contributed by atoms with E-state index >= 15 is 0 Å². The molecular formula is C18H12N4O5S3. The van der Waals surface area contributed by atoms with Crippen LogP contribution in [0.4, 0.5) is 5.69 Å². The minimum absolute atomic E-state index is 0.0691. The zero-order chi connectivity index (χ0) is 21.1. The number of carbonyl (C=O) groups excluding carboxylic acids is 1. The van der Waals surface area contributed by atoms with Crippen molar-refractivity contribution < 1.29 is 19.0 Å². The summed E-state index contributed by atoms with van der Waals surface area (Å²) in [5, 5.41) is 20.6. The van der Waals surface area contributed by atoms with Crippen molar-refractivity contribution in [2.75, 3.05) is 0 Å². The van der Waals surface area contributed by atoms with Crippen LogP contribution in [0.2, 0.25) is 0 Å². The van der Waals surface area contributed by atoms with E-state index in [9.17, 15) is 14.9 Å². The maximum Gasteiger partial charge on any atom is 0.340 e. The number of thiazole rings is 1. The van der Waals surface area contributed by atoms with Gasteiger partial charge in [-0.25, -0.2) is 9.78 Å². The van der Waals surface area contributed by atoms with Crippen molar-refractivity contribution in [3.05, 3.63) is 67.7 Å². The van der Waals surface area contributed by atoms with Gasteiger partial charge in [0.1, 0.15) is 0 Å². The smallest absolute Gasteiger partial charge is 0.340 e. The van der Waals surface area contributed by atoms with E-state index in [1.807, 2.05) is 29.1 Å². The van der Waals surface area contributed by atoms with Crippen LogP contribution in [0.25, 0.3) is 11.4 Å². The van der Waals surface area contributed by atoms with Crippen molar-refractivity contribution in [2.24, 2.45) is 0 Å². The Morgan fingerprint density at radius 2 is 2.17 bits per heavy atom. The van der Waals surface area contributed by atoms with Gasteiger partial charge in [0, 0.05) is 39.0 Å². The molecule has 1 aromatic carbocycles. The van der Waals surface area contributed by atoms with Gasteiger partial charge in [-0.2, -0.15) is 16.3 Å². The van der Waals surface area contributed by atoms with E-state index in [0.29, 0.717) is 15.1 Å². The van der Waals surface area contributed by atoms with Gasteiger partial charge in [0.2, 0.25) is 5.82 Å². The van der Waals surface area contributed by atoms with Gasteiger partial charge in [-0.3, -0.25) is 10.1 Å². The zero-order valence-electron chi connectivity index (χ0n) is 15.3. The van der Waals surface area contributed by atoms with E-state index in [1.54, 1.807) is 0 Å². The topological polar surface area (TPSA) is 121 Å². The summed E-state index contributed by atoms with van der Waals surface area (Å²) in [5.74, 6) is -0.211. The average Bonchev–Trinajstić information content (AvgIpc) is 3.48. The van der Waals surface area contributed by atoms with Crippen LogP contribution in [-0.4, -0.2) is 26.0 Å². The van der Waals surface area contributed by atoms with Crippen molar-refractivity contribution >= 4 is 46.1 Å². The third-order valence-electron chi connectivity index (χ3n) is 3.76. The zero-order valence-corrected chi connectivity index (χ0v) is 17.8. The van der Waals surface area contributed by atoms with Crippen LogP contribution >= 0.6 is 34.4 Å². The summed E-state index contributed by atoms with van der Waals surface area (Å²) in [6, 6.07) is 5.89. The maximum absolute atomic E-state index is 12.7. The molecule has 0 atom stereocenters. The normalized spacial score (nSPS) is 10.8. The van der Waals surface area contributed by atoms with Crippen LogP contribution in [0.1, 0.15) is 21.9 Å². The molecule has 3 heterocycles. The van der Waals surface area contributed by atoms with Gasteiger partial charge in [-0.1, -0.05) is 16.9 Å². The fraction of sp³-hybridized carbons (Fsp3) is 0.111. The van der Waals surface area contributed by atoms with E-state index in [0.717, 1.165) is 11.3 Å². The molecular weight excluding hydrogens is 448 g/mol. The molecule has 0 aliphatic heterocycles. The molecule has 0 bridgehead atoms. The number of hydrogen-bond donors (Lipinski definition) is 0. The molecule has 0 fully saturated rings. The average molecular weight is 461 g/mol. The number of benzene rings is 1.